The normalized spacial score (nSPS) is 10.7. The number of hydrogen-bond donors (Lipinski definition) is 1. The van der Waals surface area contributed by atoms with Gasteiger partial charge in [0.15, 0.2) is 0 Å². The first-order valence-corrected chi connectivity index (χ1v) is 5.32. The zero-order valence-corrected chi connectivity index (χ0v) is 9.76. The summed E-state index contributed by atoms with van der Waals surface area (Å²) >= 11 is 5.65. The fourth-order valence-electron chi connectivity index (χ4n) is 1.61. The van der Waals surface area contributed by atoms with Gasteiger partial charge >= 0.3 is 0 Å². The minimum absolute atomic E-state index is 0.191. The van der Waals surface area contributed by atoms with Crippen LogP contribution >= 0.6 is 11.6 Å². The summed E-state index contributed by atoms with van der Waals surface area (Å²) in [5.41, 5.74) is 1.37. The fourth-order valence-corrected chi connectivity index (χ4v) is 1.74. The van der Waals surface area contributed by atoms with E-state index >= 15 is 0 Å². The molecule has 0 aliphatic rings. The predicted molar refractivity (Wildman–Crippen MR) is 63.2 cm³/mol. The van der Waals surface area contributed by atoms with Gasteiger partial charge in [-0.05, 0) is 24.6 Å². The number of H-pyrrole nitrogens is 1. The molecule has 0 unspecified atom stereocenters. The third-order valence-electron chi connectivity index (χ3n) is 2.39. The van der Waals surface area contributed by atoms with Gasteiger partial charge in [0.2, 0.25) is 0 Å². The van der Waals surface area contributed by atoms with E-state index < -0.39 is 0 Å². The molecule has 4 nitrogen and oxygen atoms in total. The Bertz CT molecular complexity index is 592. The molecule has 0 aliphatic carbocycles. The SMILES string of the molecule is COc1cc(C)c2nc(CCl)[nH]c(=O)c2c1. The van der Waals surface area contributed by atoms with E-state index in [1.165, 1.54) is 0 Å². The highest BCUT2D eigenvalue weighted by Crippen LogP contribution is 2.20. The number of ether oxygens (including phenoxy) is 1. The van der Waals surface area contributed by atoms with E-state index in [2.05, 4.69) is 9.97 Å². The third-order valence-corrected chi connectivity index (χ3v) is 2.64. The van der Waals surface area contributed by atoms with Gasteiger partial charge in [0.25, 0.3) is 5.56 Å². The molecule has 0 saturated carbocycles. The Labute approximate surface area is 97.2 Å². The molecular weight excluding hydrogens is 228 g/mol. The van der Waals surface area contributed by atoms with Crippen molar-refractivity contribution < 1.29 is 4.74 Å². The van der Waals surface area contributed by atoms with Crippen LogP contribution in [0.4, 0.5) is 0 Å². The highest BCUT2D eigenvalue weighted by Gasteiger charge is 2.07. The second-order valence-corrected chi connectivity index (χ2v) is 3.75. The second kappa shape index (κ2) is 4.14. The van der Waals surface area contributed by atoms with Crippen molar-refractivity contribution in [1.29, 1.82) is 0 Å². The summed E-state index contributed by atoms with van der Waals surface area (Å²) in [6.07, 6.45) is 0. The average Bonchev–Trinajstić information content (AvgIpc) is 2.29. The van der Waals surface area contributed by atoms with Crippen molar-refractivity contribution in [3.63, 3.8) is 0 Å². The van der Waals surface area contributed by atoms with Crippen molar-refractivity contribution >= 4 is 22.5 Å². The molecule has 0 saturated heterocycles. The molecule has 1 aromatic heterocycles. The lowest BCUT2D eigenvalue weighted by atomic mass is 10.1. The number of aromatic nitrogens is 2. The van der Waals surface area contributed by atoms with Crippen molar-refractivity contribution in [3.05, 3.63) is 33.9 Å². The Balaban J connectivity index is 2.84. The van der Waals surface area contributed by atoms with Crippen LogP contribution in [0.1, 0.15) is 11.4 Å². The van der Waals surface area contributed by atoms with Crippen LogP contribution in [0, 0.1) is 6.92 Å². The molecule has 1 aromatic carbocycles. The van der Waals surface area contributed by atoms with Crippen molar-refractivity contribution in [3.8, 4) is 5.75 Å². The molecule has 16 heavy (non-hydrogen) atoms. The molecule has 1 heterocycles. The van der Waals surface area contributed by atoms with E-state index in [9.17, 15) is 4.79 Å². The van der Waals surface area contributed by atoms with Crippen LogP contribution in [0.5, 0.6) is 5.75 Å². The molecule has 0 atom stereocenters. The van der Waals surface area contributed by atoms with Gasteiger partial charge in [-0.25, -0.2) is 4.98 Å². The Morgan fingerprint density at radius 1 is 1.50 bits per heavy atom. The number of alkyl halides is 1. The number of aromatic amines is 1. The molecule has 0 radical (unpaired) electrons. The molecule has 5 heteroatoms. The van der Waals surface area contributed by atoms with E-state index in [0.717, 1.165) is 5.56 Å². The monoisotopic (exact) mass is 238 g/mol. The van der Waals surface area contributed by atoms with Crippen LogP contribution in [-0.4, -0.2) is 17.1 Å². The Kier molecular flexibility index (Phi) is 2.83. The Morgan fingerprint density at radius 3 is 2.88 bits per heavy atom. The zero-order chi connectivity index (χ0) is 11.7. The average molecular weight is 239 g/mol. The van der Waals surface area contributed by atoms with E-state index in [-0.39, 0.29) is 11.4 Å². The smallest absolute Gasteiger partial charge is 0.258 e. The number of hydrogen-bond acceptors (Lipinski definition) is 3. The molecule has 2 aromatic rings. The van der Waals surface area contributed by atoms with E-state index in [0.29, 0.717) is 22.5 Å². The minimum Gasteiger partial charge on any atom is -0.497 e. The number of fused-ring (bicyclic) bond motifs is 1. The molecule has 0 spiro atoms. The van der Waals surface area contributed by atoms with Gasteiger partial charge < -0.3 is 9.72 Å². The Morgan fingerprint density at radius 2 is 2.25 bits per heavy atom. The molecule has 0 bridgehead atoms. The maximum absolute atomic E-state index is 11.8. The number of aryl methyl sites for hydroxylation is 1. The number of nitrogens with zero attached hydrogens (tertiary/aromatic N) is 1. The summed E-state index contributed by atoms with van der Waals surface area (Å²) < 4.78 is 5.11. The molecular formula is C11H11ClN2O2. The molecule has 0 amide bonds. The highest BCUT2D eigenvalue weighted by molar-refractivity contribution is 6.16. The van der Waals surface area contributed by atoms with Crippen LogP contribution in [0.3, 0.4) is 0 Å². The van der Waals surface area contributed by atoms with Crippen molar-refractivity contribution in [2.45, 2.75) is 12.8 Å². The van der Waals surface area contributed by atoms with Crippen LogP contribution in [0.25, 0.3) is 10.9 Å². The van der Waals surface area contributed by atoms with E-state index in [1.807, 2.05) is 13.0 Å². The lowest BCUT2D eigenvalue weighted by molar-refractivity contribution is 0.415. The van der Waals surface area contributed by atoms with Gasteiger partial charge in [-0.1, -0.05) is 0 Å². The predicted octanol–water partition coefficient (Wildman–Crippen LogP) is 1.98. The maximum Gasteiger partial charge on any atom is 0.258 e. The molecule has 0 fully saturated rings. The summed E-state index contributed by atoms with van der Waals surface area (Å²) in [7, 11) is 1.56. The van der Waals surface area contributed by atoms with Gasteiger partial charge in [-0.3, -0.25) is 4.79 Å². The van der Waals surface area contributed by atoms with Gasteiger partial charge in [-0.2, -0.15) is 0 Å². The highest BCUT2D eigenvalue weighted by atomic mass is 35.5. The first-order valence-electron chi connectivity index (χ1n) is 4.79. The largest absolute Gasteiger partial charge is 0.497 e. The number of benzene rings is 1. The topological polar surface area (TPSA) is 55.0 Å². The van der Waals surface area contributed by atoms with Crippen molar-refractivity contribution in [2.75, 3.05) is 7.11 Å². The number of nitrogens with one attached hydrogen (secondary N) is 1. The minimum atomic E-state index is -0.192. The third kappa shape index (κ3) is 1.76. The fraction of sp³-hybridized carbons (Fsp3) is 0.273. The lowest BCUT2D eigenvalue weighted by Crippen LogP contribution is -2.11. The summed E-state index contributed by atoms with van der Waals surface area (Å²) in [6, 6.07) is 3.51. The second-order valence-electron chi connectivity index (χ2n) is 3.49. The molecule has 2 rings (SSSR count). The van der Waals surface area contributed by atoms with Gasteiger partial charge in [0, 0.05) is 0 Å². The van der Waals surface area contributed by atoms with Crippen LogP contribution in [0.15, 0.2) is 16.9 Å². The maximum atomic E-state index is 11.8. The number of rotatable bonds is 2. The standard InChI is InChI=1S/C11H11ClN2O2/c1-6-3-7(16-2)4-8-10(6)13-9(5-12)14-11(8)15/h3-4H,5H2,1-2H3,(H,13,14,15). The molecule has 84 valence electrons. The first kappa shape index (κ1) is 11.0. The van der Waals surface area contributed by atoms with Crippen LogP contribution < -0.4 is 10.3 Å². The van der Waals surface area contributed by atoms with E-state index in [1.54, 1.807) is 13.2 Å². The van der Waals surface area contributed by atoms with Crippen molar-refractivity contribution in [1.82, 2.24) is 9.97 Å². The zero-order valence-electron chi connectivity index (χ0n) is 9.00. The van der Waals surface area contributed by atoms with Crippen LogP contribution in [0.2, 0.25) is 0 Å². The van der Waals surface area contributed by atoms with Crippen molar-refractivity contribution in [2.24, 2.45) is 0 Å². The Hall–Kier alpha value is -1.55. The van der Waals surface area contributed by atoms with Gasteiger partial charge in [0.05, 0.1) is 23.9 Å². The number of halogens is 1. The lowest BCUT2D eigenvalue weighted by Gasteiger charge is -2.06. The van der Waals surface area contributed by atoms with E-state index in [4.69, 9.17) is 16.3 Å². The van der Waals surface area contributed by atoms with Gasteiger partial charge in [0.1, 0.15) is 11.6 Å². The summed E-state index contributed by atoms with van der Waals surface area (Å²) in [6.45, 7) is 1.88. The first-order chi connectivity index (χ1) is 7.65. The quantitative estimate of drug-likeness (QED) is 0.814. The van der Waals surface area contributed by atoms with Crippen LogP contribution in [-0.2, 0) is 5.88 Å². The molecule has 0 aliphatic heterocycles. The summed E-state index contributed by atoms with van der Waals surface area (Å²) in [4.78, 5) is 18.7. The number of methoxy groups -OCH3 is 1. The summed E-state index contributed by atoms with van der Waals surface area (Å²) in [5.74, 6) is 1.32. The molecule has 1 N–H and O–H groups in total. The van der Waals surface area contributed by atoms with Gasteiger partial charge in [-0.15, -0.1) is 11.6 Å². The summed E-state index contributed by atoms with van der Waals surface area (Å²) in [5, 5.41) is 0.519.